The third-order valence-electron chi connectivity index (χ3n) is 3.29. The lowest BCUT2D eigenvalue weighted by molar-refractivity contribution is -0.384. The van der Waals surface area contributed by atoms with E-state index in [1.165, 1.54) is 30.3 Å². The first kappa shape index (κ1) is 18.5. The van der Waals surface area contributed by atoms with Crippen molar-refractivity contribution in [3.8, 4) is 0 Å². The van der Waals surface area contributed by atoms with Gasteiger partial charge in [0, 0.05) is 34.3 Å². The zero-order chi connectivity index (χ0) is 18.6. The SMILES string of the molecule is O=C(O)CN(Cc1ccc(Br)cc1F)C(=O)c1cccc([N+](=O)[O-])c1. The number of non-ortho nitro benzene ring substituents is 1. The van der Waals surface area contributed by atoms with Crippen LogP contribution in [-0.2, 0) is 11.3 Å². The summed E-state index contributed by atoms with van der Waals surface area (Å²) in [6.45, 7) is -0.954. The van der Waals surface area contributed by atoms with Gasteiger partial charge in [-0.15, -0.1) is 0 Å². The Hall–Kier alpha value is -2.81. The van der Waals surface area contributed by atoms with Crippen LogP contribution in [0.15, 0.2) is 46.9 Å². The smallest absolute Gasteiger partial charge is 0.323 e. The van der Waals surface area contributed by atoms with Gasteiger partial charge in [-0.2, -0.15) is 0 Å². The van der Waals surface area contributed by atoms with Gasteiger partial charge in [-0.25, -0.2) is 4.39 Å². The molecule has 0 aliphatic carbocycles. The lowest BCUT2D eigenvalue weighted by atomic mass is 10.1. The molecule has 25 heavy (non-hydrogen) atoms. The van der Waals surface area contributed by atoms with Crippen LogP contribution in [0.3, 0.4) is 0 Å². The molecule has 0 unspecified atom stereocenters. The first-order valence-electron chi connectivity index (χ1n) is 6.97. The van der Waals surface area contributed by atoms with E-state index in [1.807, 2.05) is 0 Å². The van der Waals surface area contributed by atoms with Crippen LogP contribution in [-0.4, -0.2) is 33.4 Å². The molecule has 9 heteroatoms. The van der Waals surface area contributed by atoms with Crippen molar-refractivity contribution < 1.29 is 24.0 Å². The molecule has 0 atom stereocenters. The van der Waals surface area contributed by atoms with E-state index in [1.54, 1.807) is 6.07 Å². The molecular formula is C16H12BrFN2O5. The number of rotatable bonds is 6. The summed E-state index contributed by atoms with van der Waals surface area (Å²) < 4.78 is 14.5. The fraction of sp³-hybridized carbons (Fsp3) is 0.125. The predicted octanol–water partition coefficient (Wildman–Crippen LogP) is 3.22. The van der Waals surface area contributed by atoms with Crippen LogP contribution in [0.5, 0.6) is 0 Å². The average molecular weight is 411 g/mol. The number of aliphatic carboxylic acids is 1. The van der Waals surface area contributed by atoms with E-state index in [0.717, 1.165) is 11.0 Å². The van der Waals surface area contributed by atoms with Crippen LogP contribution in [0.2, 0.25) is 0 Å². The van der Waals surface area contributed by atoms with Crippen molar-refractivity contribution >= 4 is 33.5 Å². The van der Waals surface area contributed by atoms with Gasteiger partial charge in [0.05, 0.1) is 4.92 Å². The van der Waals surface area contributed by atoms with Gasteiger partial charge in [-0.3, -0.25) is 19.7 Å². The maximum atomic E-state index is 14.0. The Kier molecular flexibility index (Phi) is 5.81. The summed E-state index contributed by atoms with van der Waals surface area (Å²) in [5.74, 6) is -2.62. The fourth-order valence-corrected chi connectivity index (χ4v) is 2.49. The Bertz CT molecular complexity index is 843. The molecular weight excluding hydrogens is 399 g/mol. The predicted molar refractivity (Wildman–Crippen MR) is 89.6 cm³/mol. The Morgan fingerprint density at radius 2 is 1.96 bits per heavy atom. The second kappa shape index (κ2) is 7.84. The van der Waals surface area contributed by atoms with Gasteiger partial charge in [-0.05, 0) is 18.2 Å². The maximum Gasteiger partial charge on any atom is 0.323 e. The number of hydrogen-bond acceptors (Lipinski definition) is 4. The van der Waals surface area contributed by atoms with Gasteiger partial charge in [0.15, 0.2) is 0 Å². The number of hydrogen-bond donors (Lipinski definition) is 1. The molecule has 2 aromatic carbocycles. The number of halogens is 2. The zero-order valence-electron chi connectivity index (χ0n) is 12.7. The number of carboxylic acids is 1. The van der Waals surface area contributed by atoms with Crippen molar-refractivity contribution in [1.29, 1.82) is 0 Å². The number of nitro benzene ring substituents is 1. The molecule has 0 aromatic heterocycles. The Balaban J connectivity index is 2.33. The summed E-state index contributed by atoms with van der Waals surface area (Å²) in [6, 6.07) is 9.12. The van der Waals surface area contributed by atoms with E-state index in [-0.39, 0.29) is 23.4 Å². The largest absolute Gasteiger partial charge is 0.480 e. The van der Waals surface area contributed by atoms with E-state index in [4.69, 9.17) is 5.11 Å². The van der Waals surface area contributed by atoms with Crippen LogP contribution < -0.4 is 0 Å². The highest BCUT2D eigenvalue weighted by Gasteiger charge is 2.22. The summed E-state index contributed by atoms with van der Waals surface area (Å²) in [5.41, 5.74) is -0.216. The number of nitrogens with zero attached hydrogens (tertiary/aromatic N) is 2. The standard InChI is InChI=1S/C16H12BrFN2O5/c17-12-5-4-11(14(18)7-12)8-19(9-15(21)22)16(23)10-2-1-3-13(6-10)20(24)25/h1-7H,8-9H2,(H,21,22). The lowest BCUT2D eigenvalue weighted by Crippen LogP contribution is -2.35. The zero-order valence-corrected chi connectivity index (χ0v) is 14.3. The van der Waals surface area contributed by atoms with Gasteiger partial charge in [0.1, 0.15) is 12.4 Å². The average Bonchev–Trinajstić information content (AvgIpc) is 2.55. The van der Waals surface area contributed by atoms with Crippen LogP contribution in [0.25, 0.3) is 0 Å². The molecule has 0 heterocycles. The minimum atomic E-state index is -1.28. The van der Waals surface area contributed by atoms with Crippen molar-refractivity contribution in [2.24, 2.45) is 0 Å². The fourth-order valence-electron chi connectivity index (χ4n) is 2.15. The Morgan fingerprint density at radius 1 is 1.24 bits per heavy atom. The topological polar surface area (TPSA) is 101 Å². The Morgan fingerprint density at radius 3 is 2.56 bits per heavy atom. The molecule has 0 radical (unpaired) electrons. The third-order valence-corrected chi connectivity index (χ3v) is 3.79. The molecule has 2 aromatic rings. The van der Waals surface area contributed by atoms with Crippen LogP contribution in [0, 0.1) is 15.9 Å². The van der Waals surface area contributed by atoms with Crippen molar-refractivity contribution in [3.05, 3.63) is 74.0 Å². The highest BCUT2D eigenvalue weighted by molar-refractivity contribution is 9.10. The molecule has 1 amide bonds. The molecule has 0 bridgehead atoms. The van der Waals surface area contributed by atoms with E-state index in [0.29, 0.717) is 4.47 Å². The molecule has 0 spiro atoms. The van der Waals surface area contributed by atoms with Gasteiger partial charge in [0.25, 0.3) is 11.6 Å². The number of carbonyl (C=O) groups excluding carboxylic acids is 1. The van der Waals surface area contributed by atoms with Gasteiger partial charge >= 0.3 is 5.97 Å². The summed E-state index contributed by atoms with van der Waals surface area (Å²) in [4.78, 5) is 34.7. The number of amides is 1. The summed E-state index contributed by atoms with van der Waals surface area (Å²) in [7, 11) is 0. The second-order valence-corrected chi connectivity index (χ2v) is 6.01. The number of nitro groups is 1. The maximum absolute atomic E-state index is 14.0. The molecule has 0 saturated heterocycles. The van der Waals surface area contributed by atoms with Gasteiger partial charge in [0.2, 0.25) is 0 Å². The molecule has 0 aliphatic rings. The summed E-state index contributed by atoms with van der Waals surface area (Å²) in [5, 5.41) is 19.8. The van der Waals surface area contributed by atoms with Crippen molar-refractivity contribution in [1.82, 2.24) is 4.90 Å². The van der Waals surface area contributed by atoms with Gasteiger partial charge in [-0.1, -0.05) is 28.1 Å². The number of carboxylic acid groups (broad SMARTS) is 1. The number of benzene rings is 2. The Labute approximate surface area is 150 Å². The van der Waals surface area contributed by atoms with E-state index in [2.05, 4.69) is 15.9 Å². The number of carbonyl (C=O) groups is 2. The van der Waals surface area contributed by atoms with E-state index in [9.17, 15) is 24.1 Å². The highest BCUT2D eigenvalue weighted by atomic mass is 79.9. The van der Waals surface area contributed by atoms with Crippen molar-refractivity contribution in [2.45, 2.75) is 6.54 Å². The highest BCUT2D eigenvalue weighted by Crippen LogP contribution is 2.19. The minimum absolute atomic E-state index is 0.0482. The monoisotopic (exact) mass is 410 g/mol. The molecule has 1 N–H and O–H groups in total. The molecule has 7 nitrogen and oxygen atoms in total. The van der Waals surface area contributed by atoms with Gasteiger partial charge < -0.3 is 10.0 Å². The van der Waals surface area contributed by atoms with Crippen LogP contribution in [0.1, 0.15) is 15.9 Å². The van der Waals surface area contributed by atoms with E-state index < -0.39 is 29.2 Å². The minimum Gasteiger partial charge on any atom is -0.480 e. The molecule has 0 aliphatic heterocycles. The van der Waals surface area contributed by atoms with Crippen LogP contribution >= 0.6 is 15.9 Å². The first-order valence-corrected chi connectivity index (χ1v) is 7.76. The van der Waals surface area contributed by atoms with Crippen molar-refractivity contribution in [2.75, 3.05) is 6.54 Å². The van der Waals surface area contributed by atoms with E-state index >= 15 is 0 Å². The van der Waals surface area contributed by atoms with Crippen LogP contribution in [0.4, 0.5) is 10.1 Å². The molecule has 2 rings (SSSR count). The molecule has 0 saturated carbocycles. The normalized spacial score (nSPS) is 10.3. The first-order chi connectivity index (χ1) is 11.8. The van der Waals surface area contributed by atoms with Crippen molar-refractivity contribution in [3.63, 3.8) is 0 Å². The second-order valence-electron chi connectivity index (χ2n) is 5.10. The lowest BCUT2D eigenvalue weighted by Gasteiger charge is -2.21. The quantitative estimate of drug-likeness (QED) is 0.581. The molecule has 130 valence electrons. The third kappa shape index (κ3) is 4.83. The summed E-state index contributed by atoms with van der Waals surface area (Å²) in [6.07, 6.45) is 0. The molecule has 0 fully saturated rings. The summed E-state index contributed by atoms with van der Waals surface area (Å²) >= 11 is 3.11.